The lowest BCUT2D eigenvalue weighted by Gasteiger charge is -2.26. The zero-order chi connectivity index (χ0) is 31.7. The second-order valence-electron chi connectivity index (χ2n) is 9.78. The SMILES string of the molecule is CN=C(/C=C\NC=O)NC1OC(COP(NC(C)C(=O)OCc2ccccc2)NC(C)C(=O)OCc2ccccc2)CC1F. The van der Waals surface area contributed by atoms with Crippen molar-refractivity contribution < 1.29 is 37.5 Å². The Hall–Kier alpha value is -3.74. The molecule has 238 valence electrons. The first kappa shape index (κ1) is 34.7. The number of alkyl halides is 1. The van der Waals surface area contributed by atoms with Crippen molar-refractivity contribution in [2.75, 3.05) is 13.7 Å². The van der Waals surface area contributed by atoms with Gasteiger partial charge in [0.2, 0.25) is 6.41 Å². The van der Waals surface area contributed by atoms with Gasteiger partial charge in [0.1, 0.15) is 37.3 Å². The minimum Gasteiger partial charge on any atom is -0.460 e. The van der Waals surface area contributed by atoms with Crippen molar-refractivity contribution in [1.82, 2.24) is 20.8 Å². The number of carbonyl (C=O) groups is 3. The third kappa shape index (κ3) is 12.1. The van der Waals surface area contributed by atoms with E-state index in [-0.39, 0.29) is 26.2 Å². The molecule has 5 unspecified atom stereocenters. The predicted octanol–water partition coefficient (Wildman–Crippen LogP) is 3.00. The fourth-order valence-electron chi connectivity index (χ4n) is 3.89. The zero-order valence-electron chi connectivity index (χ0n) is 24.9. The Morgan fingerprint density at radius 2 is 1.55 bits per heavy atom. The van der Waals surface area contributed by atoms with E-state index in [9.17, 15) is 18.8 Å². The molecule has 1 fully saturated rings. The van der Waals surface area contributed by atoms with E-state index in [1.807, 2.05) is 60.7 Å². The lowest BCUT2D eigenvalue weighted by atomic mass is 10.2. The number of rotatable bonds is 17. The van der Waals surface area contributed by atoms with Crippen molar-refractivity contribution in [2.24, 2.45) is 4.99 Å². The standard InChI is InChI=1S/C30H39FN5O7P/c1-21(29(38)40-17-23-10-6-4-7-11-23)35-44(36-22(2)30(39)41-18-24-12-8-5-9-13-24)42-19-25-16-26(31)28(43-25)34-27(32-3)14-15-33-20-37/h4-15,20-22,25-26,28,35-36H,16-19H2,1-3H3,(H,32,34)(H,33,37)/b15-14-. The summed E-state index contributed by atoms with van der Waals surface area (Å²) in [5.74, 6) is -0.718. The number of benzene rings is 2. The second-order valence-corrected chi connectivity index (χ2v) is 11.1. The number of carbonyl (C=O) groups excluding carboxylic acids is 3. The minimum absolute atomic E-state index is 0.0387. The Morgan fingerprint density at radius 3 is 2.05 bits per heavy atom. The molecule has 1 saturated heterocycles. The second kappa shape index (κ2) is 18.8. The summed E-state index contributed by atoms with van der Waals surface area (Å²) in [6, 6.07) is 16.9. The molecule has 44 heavy (non-hydrogen) atoms. The number of amidine groups is 1. The number of hydrogen-bond acceptors (Lipinski definition) is 10. The molecule has 3 rings (SSSR count). The number of nitrogens with zero attached hydrogens (tertiary/aromatic N) is 1. The van der Waals surface area contributed by atoms with Gasteiger partial charge < -0.3 is 29.4 Å². The third-order valence-corrected chi connectivity index (χ3v) is 7.91. The fraction of sp³-hybridized carbons (Fsp3) is 0.400. The molecule has 0 spiro atoms. The molecule has 0 aliphatic carbocycles. The number of aliphatic imine (C=N–C) groups is 1. The van der Waals surface area contributed by atoms with Gasteiger partial charge >= 0.3 is 11.9 Å². The summed E-state index contributed by atoms with van der Waals surface area (Å²) in [7, 11) is -0.297. The van der Waals surface area contributed by atoms with Crippen LogP contribution in [0.3, 0.4) is 0 Å². The first-order chi connectivity index (χ1) is 21.3. The quantitative estimate of drug-likeness (QED) is 0.0675. The summed E-state index contributed by atoms with van der Waals surface area (Å²) >= 11 is 0. The van der Waals surface area contributed by atoms with Crippen LogP contribution >= 0.6 is 8.45 Å². The first-order valence-electron chi connectivity index (χ1n) is 14.0. The van der Waals surface area contributed by atoms with E-state index in [0.717, 1.165) is 11.1 Å². The smallest absolute Gasteiger partial charge is 0.323 e. The molecule has 1 aliphatic heterocycles. The molecule has 1 aliphatic rings. The molecular formula is C30H39FN5O7P. The van der Waals surface area contributed by atoms with E-state index in [2.05, 4.69) is 25.8 Å². The monoisotopic (exact) mass is 631 g/mol. The molecule has 1 amide bonds. The van der Waals surface area contributed by atoms with Crippen LogP contribution in [0.25, 0.3) is 0 Å². The Labute approximate surface area is 257 Å². The van der Waals surface area contributed by atoms with Crippen molar-refractivity contribution in [3.05, 3.63) is 84.1 Å². The van der Waals surface area contributed by atoms with Crippen molar-refractivity contribution >= 4 is 32.6 Å². The van der Waals surface area contributed by atoms with Gasteiger partial charge in [-0.05, 0) is 31.1 Å². The highest BCUT2D eigenvalue weighted by Gasteiger charge is 2.37. The summed E-state index contributed by atoms with van der Waals surface area (Å²) in [5, 5.41) is 11.3. The van der Waals surface area contributed by atoms with E-state index >= 15 is 0 Å². The molecule has 1 heterocycles. The summed E-state index contributed by atoms with van der Waals surface area (Å²) in [6.07, 6.45) is 0.373. The van der Waals surface area contributed by atoms with Crippen molar-refractivity contribution in [2.45, 2.75) is 64.1 Å². The Bertz CT molecular complexity index is 1180. The van der Waals surface area contributed by atoms with E-state index < -0.39 is 51.0 Å². The van der Waals surface area contributed by atoms with Crippen LogP contribution in [0.15, 0.2) is 77.9 Å². The average Bonchev–Trinajstić information content (AvgIpc) is 3.39. The highest BCUT2D eigenvalue weighted by atomic mass is 31.2. The van der Waals surface area contributed by atoms with E-state index in [0.29, 0.717) is 12.2 Å². The van der Waals surface area contributed by atoms with Gasteiger partial charge in [-0.1, -0.05) is 60.7 Å². The van der Waals surface area contributed by atoms with Gasteiger partial charge in [0.25, 0.3) is 0 Å². The number of hydrogen-bond donors (Lipinski definition) is 4. The molecule has 2 aromatic carbocycles. The van der Waals surface area contributed by atoms with Gasteiger partial charge in [0.15, 0.2) is 14.7 Å². The molecule has 0 aromatic heterocycles. The number of halogens is 1. The van der Waals surface area contributed by atoms with Crippen molar-refractivity contribution in [3.8, 4) is 0 Å². The van der Waals surface area contributed by atoms with Crippen molar-refractivity contribution in [1.29, 1.82) is 0 Å². The van der Waals surface area contributed by atoms with E-state index in [1.165, 1.54) is 19.3 Å². The van der Waals surface area contributed by atoms with Gasteiger partial charge in [-0.2, -0.15) is 0 Å². The molecule has 14 heteroatoms. The van der Waals surface area contributed by atoms with Crippen LogP contribution in [0.5, 0.6) is 0 Å². The van der Waals surface area contributed by atoms with Crippen LogP contribution < -0.4 is 20.8 Å². The first-order valence-corrected chi connectivity index (χ1v) is 15.3. The molecule has 5 atom stereocenters. The Kier molecular flexibility index (Phi) is 14.9. The maximum Gasteiger partial charge on any atom is 0.323 e. The number of ether oxygens (including phenoxy) is 3. The number of amides is 1. The molecular weight excluding hydrogens is 592 g/mol. The molecule has 0 radical (unpaired) electrons. The third-order valence-electron chi connectivity index (χ3n) is 6.26. The topological polar surface area (TPSA) is 149 Å². The van der Waals surface area contributed by atoms with E-state index in [4.69, 9.17) is 18.7 Å². The molecule has 0 bridgehead atoms. The summed E-state index contributed by atoms with van der Waals surface area (Å²) in [4.78, 5) is 39.9. The van der Waals surface area contributed by atoms with E-state index in [1.54, 1.807) is 13.8 Å². The Morgan fingerprint density at radius 1 is 1.00 bits per heavy atom. The highest BCUT2D eigenvalue weighted by Crippen LogP contribution is 2.32. The molecule has 12 nitrogen and oxygen atoms in total. The predicted molar refractivity (Wildman–Crippen MR) is 164 cm³/mol. The van der Waals surface area contributed by atoms with Gasteiger partial charge in [0.05, 0.1) is 12.7 Å². The Balaban J connectivity index is 1.58. The zero-order valence-corrected chi connectivity index (χ0v) is 25.7. The molecule has 4 N–H and O–H groups in total. The van der Waals surface area contributed by atoms with Crippen LogP contribution in [0, 0.1) is 0 Å². The molecule has 0 saturated carbocycles. The summed E-state index contributed by atoms with van der Waals surface area (Å²) in [6.45, 7) is 3.41. The summed E-state index contributed by atoms with van der Waals surface area (Å²) in [5.41, 5.74) is 1.68. The van der Waals surface area contributed by atoms with Gasteiger partial charge in [-0.15, -0.1) is 0 Å². The maximum absolute atomic E-state index is 14.8. The lowest BCUT2D eigenvalue weighted by Crippen LogP contribution is -2.41. The highest BCUT2D eigenvalue weighted by molar-refractivity contribution is 7.48. The van der Waals surface area contributed by atoms with Crippen LogP contribution in [-0.2, 0) is 46.3 Å². The van der Waals surface area contributed by atoms with Crippen LogP contribution in [0.4, 0.5) is 4.39 Å². The fourth-order valence-corrected chi connectivity index (χ4v) is 5.34. The van der Waals surface area contributed by atoms with Crippen LogP contribution in [-0.4, -0.2) is 68.4 Å². The minimum atomic E-state index is -1.81. The largest absolute Gasteiger partial charge is 0.460 e. The van der Waals surface area contributed by atoms with Gasteiger partial charge in [0, 0.05) is 19.7 Å². The molecule has 2 aromatic rings. The maximum atomic E-state index is 14.8. The van der Waals surface area contributed by atoms with Crippen LogP contribution in [0.1, 0.15) is 31.4 Å². The normalized spacial score (nSPS) is 20.5. The van der Waals surface area contributed by atoms with Gasteiger partial charge in [-0.3, -0.25) is 19.4 Å². The number of nitrogens with one attached hydrogen (secondary N) is 4. The number of esters is 2. The lowest BCUT2D eigenvalue weighted by molar-refractivity contribution is -0.147. The van der Waals surface area contributed by atoms with Crippen LogP contribution in [0.2, 0.25) is 0 Å². The summed E-state index contributed by atoms with van der Waals surface area (Å²) < 4.78 is 37.5. The van der Waals surface area contributed by atoms with Gasteiger partial charge in [-0.25, -0.2) is 14.6 Å². The van der Waals surface area contributed by atoms with Crippen molar-refractivity contribution in [3.63, 3.8) is 0 Å². The average molecular weight is 632 g/mol.